The normalized spacial score (nSPS) is 19.9. The smallest absolute Gasteiger partial charge is 0.123 e. The van der Waals surface area contributed by atoms with Gasteiger partial charge in [-0.05, 0) is 23.6 Å². The van der Waals surface area contributed by atoms with Crippen molar-refractivity contribution in [2.24, 2.45) is 0 Å². The van der Waals surface area contributed by atoms with Crippen molar-refractivity contribution in [3.63, 3.8) is 0 Å². The summed E-state index contributed by atoms with van der Waals surface area (Å²) in [5.74, 6) is 0. The highest BCUT2D eigenvalue weighted by Crippen LogP contribution is 2.29. The molecule has 1 aliphatic heterocycles. The molecule has 0 aliphatic carbocycles. The number of fused-ring (bicyclic) bond motifs is 1. The van der Waals surface area contributed by atoms with E-state index in [0.717, 1.165) is 6.42 Å². The van der Waals surface area contributed by atoms with E-state index in [-0.39, 0.29) is 6.10 Å². The second kappa shape index (κ2) is 3.02. The molecule has 1 aliphatic rings. The summed E-state index contributed by atoms with van der Waals surface area (Å²) >= 11 is 0. The first-order valence-corrected chi connectivity index (χ1v) is 4.32. The topological polar surface area (TPSA) is 9.23 Å². The zero-order valence-electron chi connectivity index (χ0n) is 7.16. The molecule has 1 heteroatoms. The van der Waals surface area contributed by atoms with Crippen LogP contribution in [0.3, 0.4) is 0 Å². The minimum absolute atomic E-state index is 0.256. The fraction of sp³-hybridized carbons (Fsp3) is 0.273. The monoisotopic (exact) mass is 160 g/mol. The lowest BCUT2D eigenvalue weighted by Gasteiger charge is -2.20. The van der Waals surface area contributed by atoms with Gasteiger partial charge in [0.25, 0.3) is 0 Å². The summed E-state index contributed by atoms with van der Waals surface area (Å²) in [7, 11) is 0. The van der Waals surface area contributed by atoms with Crippen LogP contribution in [-0.2, 0) is 4.74 Å². The van der Waals surface area contributed by atoms with Crippen LogP contribution in [0.1, 0.15) is 30.6 Å². The van der Waals surface area contributed by atoms with Gasteiger partial charge < -0.3 is 4.74 Å². The summed E-state index contributed by atoms with van der Waals surface area (Å²) < 4.78 is 5.47. The van der Waals surface area contributed by atoms with E-state index >= 15 is 0 Å². The molecule has 0 bridgehead atoms. The largest absolute Gasteiger partial charge is 0.493 e. The third-order valence-electron chi connectivity index (χ3n) is 2.20. The minimum atomic E-state index is 0.256. The van der Waals surface area contributed by atoms with E-state index in [1.54, 1.807) is 6.26 Å². The SMILES string of the molecule is CCC1OC=Cc2ccccc21. The third kappa shape index (κ3) is 1.11. The molecule has 12 heavy (non-hydrogen) atoms. The average Bonchev–Trinajstić information content (AvgIpc) is 2.17. The van der Waals surface area contributed by atoms with Gasteiger partial charge in [-0.15, -0.1) is 0 Å². The maximum Gasteiger partial charge on any atom is 0.123 e. The summed E-state index contributed by atoms with van der Waals surface area (Å²) in [5, 5.41) is 0. The van der Waals surface area contributed by atoms with Crippen molar-refractivity contribution >= 4 is 6.08 Å². The predicted octanol–water partition coefficient (Wildman–Crippen LogP) is 3.14. The summed E-state index contributed by atoms with van der Waals surface area (Å²) in [5.41, 5.74) is 2.60. The zero-order chi connectivity index (χ0) is 8.39. The Morgan fingerprint density at radius 2 is 2.17 bits per heavy atom. The summed E-state index contributed by atoms with van der Waals surface area (Å²) in [6, 6.07) is 8.37. The standard InChI is InChI=1S/C11H12O/c1-2-11-10-6-4-3-5-9(10)7-8-12-11/h3-8,11H,2H2,1H3. The minimum Gasteiger partial charge on any atom is -0.493 e. The molecule has 2 rings (SSSR count). The van der Waals surface area contributed by atoms with Crippen LogP contribution in [0, 0.1) is 0 Å². The van der Waals surface area contributed by atoms with Crippen LogP contribution in [-0.4, -0.2) is 0 Å². The first-order valence-electron chi connectivity index (χ1n) is 4.32. The second-order valence-corrected chi connectivity index (χ2v) is 2.96. The predicted molar refractivity (Wildman–Crippen MR) is 49.6 cm³/mol. The summed E-state index contributed by atoms with van der Waals surface area (Å²) in [4.78, 5) is 0. The molecule has 1 heterocycles. The lowest BCUT2D eigenvalue weighted by molar-refractivity contribution is 0.140. The molecule has 0 aromatic heterocycles. The van der Waals surface area contributed by atoms with Crippen LogP contribution in [0.4, 0.5) is 0 Å². The average molecular weight is 160 g/mol. The molecular weight excluding hydrogens is 148 g/mol. The van der Waals surface area contributed by atoms with E-state index in [2.05, 4.69) is 31.2 Å². The Labute approximate surface area is 72.7 Å². The van der Waals surface area contributed by atoms with Crippen molar-refractivity contribution in [2.75, 3.05) is 0 Å². The molecule has 1 atom stereocenters. The Balaban J connectivity index is 2.45. The molecule has 0 saturated carbocycles. The summed E-state index contributed by atoms with van der Waals surface area (Å²) in [6.07, 6.45) is 5.09. The summed E-state index contributed by atoms with van der Waals surface area (Å²) in [6.45, 7) is 2.14. The molecule has 1 aromatic rings. The van der Waals surface area contributed by atoms with Crippen LogP contribution in [0.2, 0.25) is 0 Å². The Bertz CT molecular complexity index is 302. The molecule has 1 unspecified atom stereocenters. The van der Waals surface area contributed by atoms with Gasteiger partial charge in [0.2, 0.25) is 0 Å². The Kier molecular flexibility index (Phi) is 1.86. The Hall–Kier alpha value is -1.24. The number of rotatable bonds is 1. The van der Waals surface area contributed by atoms with Gasteiger partial charge in [-0.1, -0.05) is 31.2 Å². The number of benzene rings is 1. The Morgan fingerprint density at radius 3 is 3.00 bits per heavy atom. The third-order valence-corrected chi connectivity index (χ3v) is 2.20. The fourth-order valence-electron chi connectivity index (χ4n) is 1.55. The van der Waals surface area contributed by atoms with E-state index in [4.69, 9.17) is 4.74 Å². The lowest BCUT2D eigenvalue weighted by Crippen LogP contribution is -2.04. The highest BCUT2D eigenvalue weighted by atomic mass is 16.5. The number of ether oxygens (including phenoxy) is 1. The van der Waals surface area contributed by atoms with Crippen molar-refractivity contribution in [3.05, 3.63) is 41.7 Å². The molecule has 0 fully saturated rings. The molecule has 62 valence electrons. The highest BCUT2D eigenvalue weighted by molar-refractivity contribution is 5.55. The van der Waals surface area contributed by atoms with E-state index in [9.17, 15) is 0 Å². The first kappa shape index (κ1) is 7.41. The van der Waals surface area contributed by atoms with Gasteiger partial charge in [-0.3, -0.25) is 0 Å². The molecule has 0 amide bonds. The van der Waals surface area contributed by atoms with Crippen LogP contribution >= 0.6 is 0 Å². The highest BCUT2D eigenvalue weighted by Gasteiger charge is 2.14. The van der Waals surface area contributed by atoms with Gasteiger partial charge in [0.1, 0.15) is 6.10 Å². The van der Waals surface area contributed by atoms with Crippen molar-refractivity contribution < 1.29 is 4.74 Å². The van der Waals surface area contributed by atoms with Crippen molar-refractivity contribution in [3.8, 4) is 0 Å². The van der Waals surface area contributed by atoms with Gasteiger partial charge in [-0.2, -0.15) is 0 Å². The molecule has 0 N–H and O–H groups in total. The van der Waals surface area contributed by atoms with E-state index < -0.39 is 0 Å². The molecule has 1 aromatic carbocycles. The van der Waals surface area contributed by atoms with Crippen LogP contribution < -0.4 is 0 Å². The van der Waals surface area contributed by atoms with Gasteiger partial charge in [0.15, 0.2) is 0 Å². The maximum absolute atomic E-state index is 5.47. The van der Waals surface area contributed by atoms with Crippen molar-refractivity contribution in [1.82, 2.24) is 0 Å². The first-order chi connectivity index (χ1) is 5.92. The Morgan fingerprint density at radius 1 is 1.33 bits per heavy atom. The maximum atomic E-state index is 5.47. The molecule has 0 spiro atoms. The van der Waals surface area contributed by atoms with Crippen LogP contribution in [0.25, 0.3) is 6.08 Å². The van der Waals surface area contributed by atoms with E-state index in [0.29, 0.717) is 0 Å². The van der Waals surface area contributed by atoms with Gasteiger partial charge in [0, 0.05) is 0 Å². The molecule has 1 nitrogen and oxygen atoms in total. The van der Waals surface area contributed by atoms with E-state index in [1.165, 1.54) is 11.1 Å². The lowest BCUT2D eigenvalue weighted by atomic mass is 9.99. The molecule has 0 radical (unpaired) electrons. The van der Waals surface area contributed by atoms with E-state index in [1.807, 2.05) is 6.08 Å². The number of hydrogen-bond donors (Lipinski definition) is 0. The van der Waals surface area contributed by atoms with Crippen molar-refractivity contribution in [2.45, 2.75) is 19.4 Å². The quantitative estimate of drug-likeness (QED) is 0.613. The van der Waals surface area contributed by atoms with Crippen LogP contribution in [0.5, 0.6) is 0 Å². The molecule has 0 saturated heterocycles. The second-order valence-electron chi connectivity index (χ2n) is 2.96. The number of hydrogen-bond acceptors (Lipinski definition) is 1. The zero-order valence-corrected chi connectivity index (χ0v) is 7.16. The van der Waals surface area contributed by atoms with Crippen molar-refractivity contribution in [1.29, 1.82) is 0 Å². The van der Waals surface area contributed by atoms with Crippen LogP contribution in [0.15, 0.2) is 30.5 Å². The van der Waals surface area contributed by atoms with Gasteiger partial charge >= 0.3 is 0 Å². The fourth-order valence-corrected chi connectivity index (χ4v) is 1.55. The molecular formula is C11H12O. The van der Waals surface area contributed by atoms with Gasteiger partial charge in [-0.25, -0.2) is 0 Å². The van der Waals surface area contributed by atoms with Gasteiger partial charge in [0.05, 0.1) is 6.26 Å².